The third-order valence-corrected chi connectivity index (χ3v) is 4.29. The van der Waals surface area contributed by atoms with E-state index < -0.39 is 0 Å². The molecular weight excluding hydrogens is 324 g/mol. The minimum Gasteiger partial charge on any atom is -0.457 e. The van der Waals surface area contributed by atoms with Gasteiger partial charge < -0.3 is 4.74 Å². The number of rotatable bonds is 3. The number of benzene rings is 2. The molecule has 0 atom stereocenters. The maximum Gasteiger partial charge on any atom is 0.133 e. The lowest BCUT2D eigenvalue weighted by molar-refractivity contribution is 0.474. The van der Waals surface area contributed by atoms with Gasteiger partial charge >= 0.3 is 0 Å². The molecular formula is C16H16BrClO. The van der Waals surface area contributed by atoms with Crippen LogP contribution < -0.4 is 4.74 Å². The maximum atomic E-state index is 6.03. The van der Waals surface area contributed by atoms with Crippen molar-refractivity contribution >= 4 is 27.5 Å². The van der Waals surface area contributed by atoms with Gasteiger partial charge in [0.15, 0.2) is 0 Å². The third-order valence-electron chi connectivity index (χ3n) is 3.26. The topological polar surface area (TPSA) is 9.23 Å². The van der Waals surface area contributed by atoms with E-state index >= 15 is 0 Å². The zero-order valence-electron chi connectivity index (χ0n) is 11.3. The van der Waals surface area contributed by atoms with Gasteiger partial charge in [0.25, 0.3) is 0 Å². The van der Waals surface area contributed by atoms with Crippen molar-refractivity contribution in [1.82, 2.24) is 0 Å². The van der Waals surface area contributed by atoms with E-state index in [1.165, 1.54) is 11.1 Å². The summed E-state index contributed by atoms with van der Waals surface area (Å²) in [5, 5.41) is 0. The van der Waals surface area contributed by atoms with Crippen LogP contribution in [0.1, 0.15) is 22.3 Å². The van der Waals surface area contributed by atoms with Crippen LogP contribution in [0.15, 0.2) is 34.8 Å². The second kappa shape index (κ2) is 5.98. The zero-order chi connectivity index (χ0) is 14.0. The van der Waals surface area contributed by atoms with E-state index in [1.54, 1.807) is 0 Å². The van der Waals surface area contributed by atoms with E-state index in [-0.39, 0.29) is 0 Å². The Bertz CT molecular complexity index is 608. The summed E-state index contributed by atoms with van der Waals surface area (Å²) < 4.78 is 7.00. The molecule has 0 unspecified atom stereocenters. The molecule has 0 radical (unpaired) electrons. The van der Waals surface area contributed by atoms with E-state index in [4.69, 9.17) is 16.3 Å². The SMILES string of the molecule is Cc1ccc(C)c(Oc2ccc(CCl)c(Br)c2)c1C. The van der Waals surface area contributed by atoms with Gasteiger partial charge in [0.05, 0.1) is 0 Å². The summed E-state index contributed by atoms with van der Waals surface area (Å²) in [6.45, 7) is 6.23. The average molecular weight is 340 g/mol. The number of aryl methyl sites for hydroxylation is 2. The van der Waals surface area contributed by atoms with Crippen LogP contribution in [0.5, 0.6) is 11.5 Å². The van der Waals surface area contributed by atoms with E-state index in [0.717, 1.165) is 27.1 Å². The van der Waals surface area contributed by atoms with Crippen molar-refractivity contribution in [2.45, 2.75) is 26.7 Å². The lowest BCUT2D eigenvalue weighted by Gasteiger charge is -2.14. The first-order valence-corrected chi connectivity index (χ1v) is 7.44. The summed E-state index contributed by atoms with van der Waals surface area (Å²) in [4.78, 5) is 0. The molecule has 0 saturated heterocycles. The van der Waals surface area contributed by atoms with Gasteiger partial charge in [-0.15, -0.1) is 11.6 Å². The van der Waals surface area contributed by atoms with Gasteiger partial charge in [0.2, 0.25) is 0 Å². The molecule has 2 aromatic rings. The summed E-state index contributed by atoms with van der Waals surface area (Å²) in [5.74, 6) is 2.24. The van der Waals surface area contributed by atoms with Crippen LogP contribution in [0.3, 0.4) is 0 Å². The Morgan fingerprint density at radius 2 is 1.74 bits per heavy atom. The van der Waals surface area contributed by atoms with Crippen molar-refractivity contribution in [1.29, 1.82) is 0 Å². The van der Waals surface area contributed by atoms with Crippen LogP contribution in [-0.2, 0) is 5.88 Å². The normalized spacial score (nSPS) is 10.6. The van der Waals surface area contributed by atoms with Crippen molar-refractivity contribution < 1.29 is 4.74 Å². The van der Waals surface area contributed by atoms with Gasteiger partial charge in [-0.1, -0.05) is 34.1 Å². The first-order chi connectivity index (χ1) is 9.02. The first-order valence-electron chi connectivity index (χ1n) is 6.12. The van der Waals surface area contributed by atoms with Crippen LogP contribution in [0.25, 0.3) is 0 Å². The second-order valence-corrected chi connectivity index (χ2v) is 5.76. The summed E-state index contributed by atoms with van der Waals surface area (Å²) in [6.07, 6.45) is 0. The largest absolute Gasteiger partial charge is 0.457 e. The van der Waals surface area contributed by atoms with Crippen molar-refractivity contribution in [3.05, 3.63) is 57.1 Å². The zero-order valence-corrected chi connectivity index (χ0v) is 13.6. The first kappa shape index (κ1) is 14.4. The standard InChI is InChI=1S/C16H16BrClO/c1-10-4-5-11(2)16(12(10)3)19-14-7-6-13(9-18)15(17)8-14/h4-8H,9H2,1-3H3. The molecule has 0 saturated carbocycles. The average Bonchev–Trinajstić information content (AvgIpc) is 2.39. The van der Waals surface area contributed by atoms with Crippen molar-refractivity contribution in [3.8, 4) is 11.5 Å². The van der Waals surface area contributed by atoms with Crippen LogP contribution in [0, 0.1) is 20.8 Å². The predicted octanol–water partition coefficient (Wildman–Crippen LogP) is 5.91. The Hall–Kier alpha value is -0.990. The van der Waals surface area contributed by atoms with E-state index in [9.17, 15) is 0 Å². The Morgan fingerprint density at radius 3 is 2.37 bits per heavy atom. The third kappa shape index (κ3) is 3.13. The summed E-state index contributed by atoms with van der Waals surface area (Å²) >= 11 is 9.35. The Labute approximate surface area is 127 Å². The molecule has 1 nitrogen and oxygen atoms in total. The molecule has 0 amide bonds. The minimum absolute atomic E-state index is 0.489. The predicted molar refractivity (Wildman–Crippen MR) is 84.4 cm³/mol. The highest BCUT2D eigenvalue weighted by molar-refractivity contribution is 9.10. The Balaban J connectivity index is 2.36. The minimum atomic E-state index is 0.489. The van der Waals surface area contributed by atoms with Gasteiger partial charge in [-0.25, -0.2) is 0 Å². The van der Waals surface area contributed by atoms with Crippen LogP contribution in [0.2, 0.25) is 0 Å². The number of hydrogen-bond acceptors (Lipinski definition) is 1. The molecule has 0 N–H and O–H groups in total. The maximum absolute atomic E-state index is 6.03. The van der Waals surface area contributed by atoms with E-state index in [0.29, 0.717) is 5.88 Å². The molecule has 0 aliphatic rings. The molecule has 0 fully saturated rings. The summed E-state index contributed by atoms with van der Waals surface area (Å²) in [6, 6.07) is 10.1. The van der Waals surface area contributed by atoms with Crippen LogP contribution in [0.4, 0.5) is 0 Å². The highest BCUT2D eigenvalue weighted by atomic mass is 79.9. The smallest absolute Gasteiger partial charge is 0.133 e. The molecule has 0 spiro atoms. The van der Waals surface area contributed by atoms with Gasteiger partial charge in [-0.2, -0.15) is 0 Å². The van der Waals surface area contributed by atoms with Gasteiger partial charge in [-0.05, 0) is 55.2 Å². The van der Waals surface area contributed by atoms with E-state index in [1.807, 2.05) is 18.2 Å². The number of hydrogen-bond donors (Lipinski definition) is 0. The molecule has 100 valence electrons. The molecule has 0 bridgehead atoms. The van der Waals surface area contributed by atoms with Crippen molar-refractivity contribution in [3.63, 3.8) is 0 Å². The lowest BCUT2D eigenvalue weighted by Crippen LogP contribution is -1.94. The number of ether oxygens (including phenoxy) is 1. The number of alkyl halides is 1. The second-order valence-electron chi connectivity index (χ2n) is 4.64. The van der Waals surface area contributed by atoms with Crippen LogP contribution >= 0.6 is 27.5 Å². The van der Waals surface area contributed by atoms with E-state index in [2.05, 4.69) is 48.8 Å². The Kier molecular flexibility index (Phi) is 4.54. The summed E-state index contributed by atoms with van der Waals surface area (Å²) in [7, 11) is 0. The van der Waals surface area contributed by atoms with Gasteiger partial charge in [-0.3, -0.25) is 0 Å². The van der Waals surface area contributed by atoms with Crippen molar-refractivity contribution in [2.75, 3.05) is 0 Å². The van der Waals surface area contributed by atoms with Crippen LogP contribution in [-0.4, -0.2) is 0 Å². The summed E-state index contributed by atoms with van der Waals surface area (Å²) in [5.41, 5.74) is 4.61. The molecule has 0 aromatic heterocycles. The number of halogens is 2. The highest BCUT2D eigenvalue weighted by Crippen LogP contribution is 2.32. The van der Waals surface area contributed by atoms with Gasteiger partial charge in [0, 0.05) is 10.4 Å². The molecule has 3 heteroatoms. The Morgan fingerprint density at radius 1 is 1.05 bits per heavy atom. The fourth-order valence-electron chi connectivity index (χ4n) is 1.90. The molecule has 0 heterocycles. The van der Waals surface area contributed by atoms with Crippen molar-refractivity contribution in [2.24, 2.45) is 0 Å². The molecule has 0 aliphatic heterocycles. The molecule has 2 aromatic carbocycles. The quantitative estimate of drug-likeness (QED) is 0.632. The van der Waals surface area contributed by atoms with Gasteiger partial charge in [0.1, 0.15) is 11.5 Å². The lowest BCUT2D eigenvalue weighted by atomic mass is 10.1. The highest BCUT2D eigenvalue weighted by Gasteiger charge is 2.09. The fourth-order valence-corrected chi connectivity index (χ4v) is 2.79. The fraction of sp³-hybridized carbons (Fsp3) is 0.250. The molecule has 19 heavy (non-hydrogen) atoms. The molecule has 0 aliphatic carbocycles. The monoisotopic (exact) mass is 338 g/mol. The molecule has 2 rings (SSSR count).